The van der Waals surface area contributed by atoms with Crippen LogP contribution in [0.15, 0.2) is 29.1 Å². The third-order valence-corrected chi connectivity index (χ3v) is 4.50. The van der Waals surface area contributed by atoms with Crippen LogP contribution in [0.25, 0.3) is 0 Å². The lowest BCUT2D eigenvalue weighted by Crippen LogP contribution is -2.38. The van der Waals surface area contributed by atoms with Gasteiger partial charge in [-0.2, -0.15) is 5.10 Å². The van der Waals surface area contributed by atoms with Crippen molar-refractivity contribution in [3.05, 3.63) is 36.0 Å². The van der Waals surface area contributed by atoms with Crippen LogP contribution in [0.3, 0.4) is 0 Å². The molecular formula is C15H19N5O2. The number of carbonyl (C=O) groups is 1. The molecule has 116 valence electrons. The Balaban J connectivity index is 1.58. The Bertz CT molecular complexity index is 661. The first-order valence-electron chi connectivity index (χ1n) is 7.66. The third-order valence-electron chi connectivity index (χ3n) is 4.50. The standard InChI is InChI=1S/C15H19N5O2/c1-19-13(4-6-17-19)15-12(16-9-10-5-7-22-18-10)8-14(21)20(15)11-2-3-11/h4-7,11-12,15-16H,2-3,8-9H2,1H3/t12-,15-/m1/s1. The Morgan fingerprint density at radius 1 is 1.41 bits per heavy atom. The molecule has 1 amide bonds. The van der Waals surface area contributed by atoms with E-state index in [2.05, 4.69) is 20.5 Å². The Labute approximate surface area is 128 Å². The number of amides is 1. The van der Waals surface area contributed by atoms with E-state index in [1.165, 1.54) is 0 Å². The summed E-state index contributed by atoms with van der Waals surface area (Å²) in [5.74, 6) is 0.228. The minimum absolute atomic E-state index is 0.0411. The summed E-state index contributed by atoms with van der Waals surface area (Å²) in [6, 6.07) is 4.34. The van der Waals surface area contributed by atoms with Crippen molar-refractivity contribution in [3.8, 4) is 0 Å². The van der Waals surface area contributed by atoms with E-state index in [1.807, 2.05) is 23.9 Å². The Hall–Kier alpha value is -2.15. The van der Waals surface area contributed by atoms with Crippen LogP contribution in [-0.2, 0) is 18.4 Å². The van der Waals surface area contributed by atoms with Crippen LogP contribution in [-0.4, -0.2) is 37.8 Å². The highest BCUT2D eigenvalue weighted by Gasteiger charge is 2.48. The van der Waals surface area contributed by atoms with Crippen molar-refractivity contribution in [2.45, 2.75) is 43.9 Å². The highest BCUT2D eigenvalue weighted by Crippen LogP contribution is 2.41. The van der Waals surface area contributed by atoms with E-state index < -0.39 is 0 Å². The van der Waals surface area contributed by atoms with E-state index >= 15 is 0 Å². The average Bonchev–Trinajstić information content (AvgIpc) is 2.92. The molecular weight excluding hydrogens is 282 g/mol. The summed E-state index contributed by atoms with van der Waals surface area (Å²) in [7, 11) is 1.93. The number of aromatic nitrogens is 3. The number of rotatable bonds is 5. The predicted molar refractivity (Wildman–Crippen MR) is 77.6 cm³/mol. The second-order valence-corrected chi connectivity index (χ2v) is 6.04. The topological polar surface area (TPSA) is 76.2 Å². The summed E-state index contributed by atoms with van der Waals surface area (Å²) in [5, 5.41) is 11.6. The fraction of sp³-hybridized carbons (Fsp3) is 0.533. The number of carbonyl (C=O) groups excluding carboxylic acids is 1. The number of hydrogen-bond acceptors (Lipinski definition) is 5. The monoisotopic (exact) mass is 301 g/mol. The molecule has 22 heavy (non-hydrogen) atoms. The molecule has 1 saturated heterocycles. The molecule has 1 aliphatic carbocycles. The summed E-state index contributed by atoms with van der Waals surface area (Å²) in [4.78, 5) is 14.5. The molecule has 2 atom stereocenters. The Morgan fingerprint density at radius 2 is 2.27 bits per heavy atom. The van der Waals surface area contributed by atoms with E-state index in [9.17, 15) is 4.79 Å². The lowest BCUT2D eigenvalue weighted by molar-refractivity contribution is -0.129. The van der Waals surface area contributed by atoms with Crippen molar-refractivity contribution in [2.75, 3.05) is 0 Å². The Kier molecular flexibility index (Phi) is 3.22. The van der Waals surface area contributed by atoms with E-state index in [0.29, 0.717) is 19.0 Å². The number of hydrogen-bond donors (Lipinski definition) is 1. The number of likely N-dealkylation sites (tertiary alicyclic amines) is 1. The lowest BCUT2D eigenvalue weighted by atomic mass is 10.1. The molecule has 2 aliphatic rings. The van der Waals surface area contributed by atoms with Crippen LogP contribution in [0.5, 0.6) is 0 Å². The second-order valence-electron chi connectivity index (χ2n) is 6.04. The van der Waals surface area contributed by atoms with Gasteiger partial charge >= 0.3 is 0 Å². The maximum Gasteiger partial charge on any atom is 0.225 e. The van der Waals surface area contributed by atoms with Crippen LogP contribution in [0.1, 0.15) is 36.7 Å². The molecule has 2 fully saturated rings. The third kappa shape index (κ3) is 2.31. The predicted octanol–water partition coefficient (Wildman–Crippen LogP) is 1.00. The summed E-state index contributed by atoms with van der Waals surface area (Å²) >= 11 is 0. The van der Waals surface area contributed by atoms with Gasteiger partial charge in [-0.15, -0.1) is 0 Å². The van der Waals surface area contributed by atoms with Crippen molar-refractivity contribution in [3.63, 3.8) is 0 Å². The van der Waals surface area contributed by atoms with Crippen molar-refractivity contribution in [2.24, 2.45) is 7.05 Å². The van der Waals surface area contributed by atoms with Gasteiger partial charge in [0.25, 0.3) is 0 Å². The summed E-state index contributed by atoms with van der Waals surface area (Å²) < 4.78 is 6.72. The van der Waals surface area contributed by atoms with Gasteiger partial charge in [-0.25, -0.2) is 0 Å². The average molecular weight is 301 g/mol. The summed E-state index contributed by atoms with van der Waals surface area (Å²) in [6.45, 7) is 0.599. The van der Waals surface area contributed by atoms with Gasteiger partial charge in [0.05, 0.1) is 17.4 Å². The van der Waals surface area contributed by atoms with Crippen LogP contribution in [0.4, 0.5) is 0 Å². The zero-order chi connectivity index (χ0) is 15.1. The van der Waals surface area contributed by atoms with Crippen molar-refractivity contribution < 1.29 is 9.32 Å². The highest BCUT2D eigenvalue weighted by atomic mass is 16.5. The Morgan fingerprint density at radius 3 is 2.91 bits per heavy atom. The highest BCUT2D eigenvalue weighted by molar-refractivity contribution is 5.81. The number of nitrogens with one attached hydrogen (secondary N) is 1. The van der Waals surface area contributed by atoms with Crippen molar-refractivity contribution in [1.29, 1.82) is 0 Å². The normalized spacial score (nSPS) is 25.1. The fourth-order valence-corrected chi connectivity index (χ4v) is 3.31. The van der Waals surface area contributed by atoms with E-state index in [4.69, 9.17) is 4.52 Å². The van der Waals surface area contributed by atoms with Gasteiger partial charge in [0.15, 0.2) is 0 Å². The second kappa shape index (κ2) is 5.24. The zero-order valence-electron chi connectivity index (χ0n) is 12.5. The van der Waals surface area contributed by atoms with Gasteiger partial charge in [0.2, 0.25) is 5.91 Å². The molecule has 0 spiro atoms. The summed E-state index contributed by atoms with van der Waals surface area (Å²) in [6.07, 6.45) is 6.08. The molecule has 7 nitrogen and oxygen atoms in total. The van der Waals surface area contributed by atoms with Crippen LogP contribution in [0.2, 0.25) is 0 Å². The van der Waals surface area contributed by atoms with E-state index in [0.717, 1.165) is 24.2 Å². The number of aryl methyl sites for hydroxylation is 1. The SMILES string of the molecule is Cn1nccc1[C@H]1[C@H](NCc2ccon2)CC(=O)N1C1CC1. The first kappa shape index (κ1) is 13.5. The molecule has 4 rings (SSSR count). The fourth-order valence-electron chi connectivity index (χ4n) is 3.31. The molecule has 0 bridgehead atoms. The van der Waals surface area contributed by atoms with Crippen LogP contribution < -0.4 is 5.32 Å². The lowest BCUT2D eigenvalue weighted by Gasteiger charge is -2.28. The van der Waals surface area contributed by atoms with Gasteiger partial charge in [0, 0.05) is 44.4 Å². The van der Waals surface area contributed by atoms with Gasteiger partial charge < -0.3 is 14.7 Å². The minimum atomic E-state index is 0.0411. The molecule has 0 aromatic carbocycles. The van der Waals surface area contributed by atoms with Gasteiger partial charge in [0.1, 0.15) is 6.26 Å². The summed E-state index contributed by atoms with van der Waals surface area (Å²) in [5.41, 5.74) is 1.93. The molecule has 1 aliphatic heterocycles. The maximum absolute atomic E-state index is 12.5. The molecule has 1 saturated carbocycles. The molecule has 0 unspecified atom stereocenters. The van der Waals surface area contributed by atoms with E-state index in [-0.39, 0.29) is 18.0 Å². The smallest absolute Gasteiger partial charge is 0.225 e. The molecule has 3 heterocycles. The maximum atomic E-state index is 12.5. The first-order chi connectivity index (χ1) is 10.7. The van der Waals surface area contributed by atoms with Crippen LogP contribution in [0, 0.1) is 0 Å². The molecule has 1 N–H and O–H groups in total. The van der Waals surface area contributed by atoms with Gasteiger partial charge in [-0.1, -0.05) is 5.16 Å². The largest absolute Gasteiger partial charge is 0.364 e. The van der Waals surface area contributed by atoms with Crippen molar-refractivity contribution in [1.82, 2.24) is 25.2 Å². The molecule has 2 aromatic heterocycles. The van der Waals surface area contributed by atoms with Crippen molar-refractivity contribution >= 4 is 5.91 Å². The number of nitrogens with zero attached hydrogens (tertiary/aromatic N) is 4. The molecule has 7 heteroatoms. The minimum Gasteiger partial charge on any atom is -0.364 e. The van der Waals surface area contributed by atoms with Gasteiger partial charge in [-0.05, 0) is 18.9 Å². The quantitative estimate of drug-likeness (QED) is 0.891. The van der Waals surface area contributed by atoms with Crippen LogP contribution >= 0.6 is 0 Å². The molecule has 0 radical (unpaired) electrons. The first-order valence-corrected chi connectivity index (χ1v) is 7.66. The van der Waals surface area contributed by atoms with Gasteiger partial charge in [-0.3, -0.25) is 9.48 Å². The molecule has 2 aromatic rings. The zero-order valence-corrected chi connectivity index (χ0v) is 12.5. The van der Waals surface area contributed by atoms with E-state index in [1.54, 1.807) is 12.5 Å².